The first-order chi connectivity index (χ1) is 19.2. The molecule has 0 bridgehead atoms. The molecule has 0 spiro atoms. The number of amides is 1. The maximum Gasteiger partial charge on any atom is 0.408 e. The Hall–Kier alpha value is -3.16. The van der Waals surface area contributed by atoms with Crippen LogP contribution in [-0.4, -0.2) is 78.7 Å². The highest BCUT2D eigenvalue weighted by molar-refractivity contribution is 6.67. The van der Waals surface area contributed by atoms with Crippen LogP contribution in [0.5, 0.6) is 0 Å². The number of nitrogens with zero attached hydrogens (tertiary/aromatic N) is 5. The summed E-state index contributed by atoms with van der Waals surface area (Å²) in [6.07, 6.45) is -0.231. The van der Waals surface area contributed by atoms with E-state index in [9.17, 15) is 19.2 Å². The van der Waals surface area contributed by atoms with Crippen molar-refractivity contribution in [1.82, 2.24) is 25.5 Å². The minimum Gasteiger partial charge on any atom is -0.460 e. The van der Waals surface area contributed by atoms with Crippen molar-refractivity contribution >= 4 is 64.6 Å². The van der Waals surface area contributed by atoms with Gasteiger partial charge in [0.15, 0.2) is 5.78 Å². The van der Waals surface area contributed by atoms with Gasteiger partial charge in [-0.1, -0.05) is 70.2 Å². The molecule has 1 aromatic carbocycles. The van der Waals surface area contributed by atoms with Gasteiger partial charge in [-0.2, -0.15) is 4.80 Å². The number of esters is 2. The number of alkyl carbamates (subject to hydrolysis) is 1. The van der Waals surface area contributed by atoms with Gasteiger partial charge in [0.25, 0.3) is 5.95 Å². The van der Waals surface area contributed by atoms with E-state index in [0.717, 1.165) is 10.4 Å². The van der Waals surface area contributed by atoms with E-state index in [1.165, 1.54) is 0 Å². The molecule has 16 heteroatoms. The van der Waals surface area contributed by atoms with E-state index in [1.54, 1.807) is 49.9 Å². The zero-order valence-electron chi connectivity index (χ0n) is 22.7. The van der Waals surface area contributed by atoms with Gasteiger partial charge in [-0.25, -0.2) is 9.59 Å². The monoisotopic (exact) mass is 632 g/mol. The summed E-state index contributed by atoms with van der Waals surface area (Å²) < 4.78 is 13.9. The molecule has 1 aliphatic heterocycles. The van der Waals surface area contributed by atoms with Crippen LogP contribution in [-0.2, 0) is 41.7 Å². The van der Waals surface area contributed by atoms with E-state index in [-0.39, 0.29) is 12.6 Å². The quantitative estimate of drug-likeness (QED) is 0.220. The number of carbonyl (C=O) groups excluding carboxylic acids is 4. The van der Waals surface area contributed by atoms with Gasteiger partial charge in [0.2, 0.25) is 3.79 Å². The zero-order chi connectivity index (χ0) is 30.2. The molecule has 0 saturated carbocycles. The van der Waals surface area contributed by atoms with E-state index < -0.39 is 64.9 Å². The summed E-state index contributed by atoms with van der Waals surface area (Å²) in [5, 5.41) is 14.5. The van der Waals surface area contributed by atoms with Crippen LogP contribution < -0.4 is 10.2 Å². The number of ether oxygens (including phenoxy) is 3. The van der Waals surface area contributed by atoms with Gasteiger partial charge in [-0.05, 0) is 44.4 Å². The number of halogens is 3. The van der Waals surface area contributed by atoms with Gasteiger partial charge in [0.05, 0.1) is 6.42 Å². The third-order valence-corrected chi connectivity index (χ3v) is 5.91. The Kier molecular flexibility index (Phi) is 11.2. The van der Waals surface area contributed by atoms with E-state index in [4.69, 9.17) is 49.0 Å². The number of nitrogens with one attached hydrogen (secondary N) is 1. The molecule has 13 nitrogen and oxygen atoms in total. The molecule has 1 saturated heterocycles. The van der Waals surface area contributed by atoms with Crippen molar-refractivity contribution < 1.29 is 33.4 Å². The lowest BCUT2D eigenvalue weighted by Gasteiger charge is -2.22. The number of benzene rings is 1. The first kappa shape index (κ1) is 32.4. The van der Waals surface area contributed by atoms with Crippen molar-refractivity contribution in [2.45, 2.75) is 74.7 Å². The highest BCUT2D eigenvalue weighted by Gasteiger charge is 2.36. The van der Waals surface area contributed by atoms with Crippen LogP contribution in [0.2, 0.25) is 0 Å². The normalized spacial score (nSPS) is 16.1. The molecule has 1 unspecified atom stereocenters. The van der Waals surface area contributed by atoms with Gasteiger partial charge in [-0.15, -0.1) is 5.10 Å². The molecule has 2 heterocycles. The topological polar surface area (TPSA) is 155 Å². The van der Waals surface area contributed by atoms with E-state index in [0.29, 0.717) is 19.4 Å². The Bertz CT molecular complexity index is 1220. The van der Waals surface area contributed by atoms with Crippen molar-refractivity contribution in [2.24, 2.45) is 0 Å². The van der Waals surface area contributed by atoms with Gasteiger partial charge in [0, 0.05) is 6.54 Å². The summed E-state index contributed by atoms with van der Waals surface area (Å²) in [6, 6.07) is 6.94. The number of ketones is 1. The Balaban J connectivity index is 1.65. The summed E-state index contributed by atoms with van der Waals surface area (Å²) >= 11 is 17.0. The molecular formula is C25H31Cl3N6O7. The number of tetrazole rings is 1. The molecule has 2 aromatic rings. The number of hydrogen-bond donors (Lipinski definition) is 1. The Morgan fingerprint density at radius 1 is 1.10 bits per heavy atom. The Labute approximate surface area is 251 Å². The number of Topliss-reactive ketones (excluding diaryl/α,β-unsaturated/α-hetero) is 1. The molecule has 0 aliphatic carbocycles. The lowest BCUT2D eigenvalue weighted by atomic mass is 10.1. The van der Waals surface area contributed by atoms with Crippen molar-refractivity contribution in [2.75, 3.05) is 18.1 Å². The molecular weight excluding hydrogens is 603 g/mol. The number of hydrogen-bond acceptors (Lipinski definition) is 11. The molecule has 41 heavy (non-hydrogen) atoms. The zero-order valence-corrected chi connectivity index (χ0v) is 25.0. The summed E-state index contributed by atoms with van der Waals surface area (Å²) in [7, 11) is 0. The number of rotatable bonds is 11. The maximum atomic E-state index is 13.2. The predicted molar refractivity (Wildman–Crippen MR) is 148 cm³/mol. The average molecular weight is 634 g/mol. The molecule has 0 radical (unpaired) electrons. The standard InChI is InChI=1S/C25H31Cl3N6O7/c1-24(2,3)41-20(36)12-17(29-23(38)39-14-16-8-5-4-6-9-16)19(35)13-34-31-22(30-32-34)33-11-7-10-18(33)21(37)40-15-25(26,27)28/h4-6,8-9,17-18H,7,10-15H2,1-3H3,(H,29,38)/t17?,18-/m0/s1. The minimum atomic E-state index is -1.75. The van der Waals surface area contributed by atoms with Crippen molar-refractivity contribution in [3.63, 3.8) is 0 Å². The second kappa shape index (κ2) is 14.1. The van der Waals surface area contributed by atoms with Gasteiger partial charge < -0.3 is 24.4 Å². The first-order valence-corrected chi connectivity index (χ1v) is 13.8. The third kappa shape index (κ3) is 11.0. The summed E-state index contributed by atoms with van der Waals surface area (Å²) in [5.74, 6) is -1.82. The van der Waals surface area contributed by atoms with Crippen LogP contribution in [0, 0.1) is 0 Å². The molecule has 224 valence electrons. The summed E-state index contributed by atoms with van der Waals surface area (Å²) in [4.78, 5) is 53.2. The molecule has 3 rings (SSSR count). The van der Waals surface area contributed by atoms with Gasteiger partial charge >= 0.3 is 18.0 Å². The largest absolute Gasteiger partial charge is 0.460 e. The van der Waals surface area contributed by atoms with Crippen LogP contribution in [0.1, 0.15) is 45.6 Å². The van der Waals surface area contributed by atoms with Crippen LogP contribution in [0.25, 0.3) is 0 Å². The van der Waals surface area contributed by atoms with Gasteiger partial charge in [-0.3, -0.25) is 9.59 Å². The fraction of sp³-hybridized carbons (Fsp3) is 0.560. The fourth-order valence-corrected chi connectivity index (χ4v) is 4.03. The smallest absolute Gasteiger partial charge is 0.408 e. The third-order valence-electron chi connectivity index (χ3n) is 5.58. The first-order valence-electron chi connectivity index (χ1n) is 12.7. The molecule has 2 atom stereocenters. The number of anilines is 1. The van der Waals surface area contributed by atoms with Gasteiger partial charge in [0.1, 0.15) is 37.4 Å². The highest BCUT2D eigenvalue weighted by Crippen LogP contribution is 2.28. The molecule has 1 amide bonds. The van der Waals surface area contributed by atoms with Crippen molar-refractivity contribution in [1.29, 1.82) is 0 Å². The lowest BCUT2D eigenvalue weighted by molar-refractivity contribution is -0.156. The highest BCUT2D eigenvalue weighted by atomic mass is 35.6. The minimum absolute atomic E-state index is 0.0326. The number of carbonyl (C=O) groups is 4. The van der Waals surface area contributed by atoms with Crippen LogP contribution >= 0.6 is 34.8 Å². The van der Waals surface area contributed by atoms with Crippen LogP contribution in [0.3, 0.4) is 0 Å². The van der Waals surface area contributed by atoms with E-state index >= 15 is 0 Å². The van der Waals surface area contributed by atoms with Crippen molar-refractivity contribution in [3.8, 4) is 0 Å². The number of aromatic nitrogens is 4. The molecule has 1 aliphatic rings. The maximum absolute atomic E-state index is 13.2. The lowest BCUT2D eigenvalue weighted by Crippen LogP contribution is -2.45. The second-order valence-electron chi connectivity index (χ2n) is 10.2. The Morgan fingerprint density at radius 3 is 2.46 bits per heavy atom. The van der Waals surface area contributed by atoms with Crippen LogP contribution in [0.4, 0.5) is 10.7 Å². The SMILES string of the molecule is CC(C)(C)OC(=O)CC(NC(=O)OCc1ccccc1)C(=O)Cn1nnc(N2CCC[C@H]2C(=O)OCC(Cl)(Cl)Cl)n1. The molecule has 1 N–H and O–H groups in total. The summed E-state index contributed by atoms with van der Waals surface area (Å²) in [6.45, 7) is 4.60. The number of alkyl halides is 3. The van der Waals surface area contributed by atoms with E-state index in [1.807, 2.05) is 6.07 Å². The average Bonchev–Trinajstić information content (AvgIpc) is 3.54. The van der Waals surface area contributed by atoms with E-state index in [2.05, 4.69) is 20.7 Å². The second-order valence-corrected chi connectivity index (χ2v) is 12.7. The molecule has 1 fully saturated rings. The van der Waals surface area contributed by atoms with Crippen LogP contribution in [0.15, 0.2) is 30.3 Å². The molecule has 1 aromatic heterocycles. The Morgan fingerprint density at radius 2 is 1.80 bits per heavy atom. The summed E-state index contributed by atoms with van der Waals surface area (Å²) in [5.41, 5.74) is -0.0546. The van der Waals surface area contributed by atoms with Crippen molar-refractivity contribution in [3.05, 3.63) is 35.9 Å². The fourth-order valence-electron chi connectivity index (χ4n) is 3.87. The predicted octanol–water partition coefficient (Wildman–Crippen LogP) is 3.15.